The summed E-state index contributed by atoms with van der Waals surface area (Å²) in [4.78, 5) is 29.3. The third-order valence-corrected chi connectivity index (χ3v) is 4.76. The minimum absolute atomic E-state index is 0.126. The molecule has 6 nitrogen and oxygen atoms in total. The maximum Gasteiger partial charge on any atom is 0.255 e. The van der Waals surface area contributed by atoms with Crippen molar-refractivity contribution in [3.63, 3.8) is 0 Å². The molecule has 0 atom stereocenters. The van der Waals surface area contributed by atoms with Gasteiger partial charge < -0.3 is 15.4 Å². The molecular formula is C21H19N3O3S. The van der Waals surface area contributed by atoms with Crippen LogP contribution in [0.1, 0.15) is 10.4 Å². The number of methoxy groups -OCH3 is 1. The first-order valence-corrected chi connectivity index (χ1v) is 9.52. The first kappa shape index (κ1) is 19.4. The summed E-state index contributed by atoms with van der Waals surface area (Å²) in [5.74, 6) is 1.09. The van der Waals surface area contributed by atoms with Crippen LogP contribution >= 0.6 is 11.8 Å². The lowest BCUT2D eigenvalue weighted by Gasteiger charge is -2.08. The van der Waals surface area contributed by atoms with E-state index in [0.717, 1.165) is 4.90 Å². The number of carbonyl (C=O) groups is 2. The van der Waals surface area contributed by atoms with E-state index >= 15 is 0 Å². The number of benzene rings is 2. The zero-order valence-electron chi connectivity index (χ0n) is 15.2. The van der Waals surface area contributed by atoms with Gasteiger partial charge in [0.1, 0.15) is 11.6 Å². The van der Waals surface area contributed by atoms with Crippen molar-refractivity contribution in [3.8, 4) is 5.75 Å². The summed E-state index contributed by atoms with van der Waals surface area (Å²) >= 11 is 1.41. The first-order valence-electron chi connectivity index (χ1n) is 8.53. The lowest BCUT2D eigenvalue weighted by molar-refractivity contribution is -0.113. The average molecular weight is 393 g/mol. The Morgan fingerprint density at radius 3 is 2.54 bits per heavy atom. The molecule has 2 N–H and O–H groups in total. The third kappa shape index (κ3) is 5.59. The van der Waals surface area contributed by atoms with Crippen molar-refractivity contribution >= 4 is 35.1 Å². The standard InChI is InChI=1S/C21H19N3O3S/c1-27-17-6-4-5-15(13-17)21(26)23-16-8-10-18(11-9-16)28-14-20(25)24-19-7-2-3-12-22-19/h2-13H,14H2,1H3,(H,23,26)(H,22,24,25). The predicted octanol–water partition coefficient (Wildman–Crippen LogP) is 4.07. The Morgan fingerprint density at radius 1 is 1.00 bits per heavy atom. The number of nitrogens with zero attached hydrogens (tertiary/aromatic N) is 1. The molecule has 0 spiro atoms. The predicted molar refractivity (Wildman–Crippen MR) is 111 cm³/mol. The largest absolute Gasteiger partial charge is 0.497 e. The molecule has 0 radical (unpaired) electrons. The number of ether oxygens (including phenoxy) is 1. The van der Waals surface area contributed by atoms with Crippen LogP contribution in [-0.4, -0.2) is 29.7 Å². The van der Waals surface area contributed by atoms with E-state index < -0.39 is 0 Å². The second kappa shape index (κ2) is 9.57. The lowest BCUT2D eigenvalue weighted by Crippen LogP contribution is -2.14. The highest BCUT2D eigenvalue weighted by atomic mass is 32.2. The van der Waals surface area contributed by atoms with Crippen LogP contribution in [-0.2, 0) is 4.79 Å². The second-order valence-electron chi connectivity index (χ2n) is 5.76. The zero-order chi connectivity index (χ0) is 19.8. The highest BCUT2D eigenvalue weighted by Gasteiger charge is 2.08. The molecule has 3 rings (SSSR count). The number of thioether (sulfide) groups is 1. The Bertz CT molecular complexity index is 947. The van der Waals surface area contributed by atoms with Gasteiger partial charge in [0, 0.05) is 22.3 Å². The molecule has 2 aromatic carbocycles. The summed E-state index contributed by atoms with van der Waals surface area (Å²) in [6.07, 6.45) is 1.63. The molecule has 7 heteroatoms. The number of anilines is 2. The molecule has 0 bridgehead atoms. The Kier molecular flexibility index (Phi) is 6.64. The molecule has 0 unspecified atom stereocenters. The fourth-order valence-electron chi connectivity index (χ4n) is 2.37. The number of hydrogen-bond donors (Lipinski definition) is 2. The molecule has 0 saturated heterocycles. The maximum absolute atomic E-state index is 12.3. The van der Waals surface area contributed by atoms with Crippen LogP contribution in [0.4, 0.5) is 11.5 Å². The third-order valence-electron chi connectivity index (χ3n) is 3.75. The van der Waals surface area contributed by atoms with Crippen molar-refractivity contribution in [2.45, 2.75) is 4.90 Å². The summed E-state index contributed by atoms with van der Waals surface area (Å²) in [5.41, 5.74) is 1.19. The van der Waals surface area contributed by atoms with Crippen molar-refractivity contribution in [1.82, 2.24) is 4.98 Å². The van der Waals surface area contributed by atoms with Crippen LogP contribution in [0.2, 0.25) is 0 Å². The number of rotatable bonds is 7. The summed E-state index contributed by atoms with van der Waals surface area (Å²) in [6, 6.07) is 19.6. The Balaban J connectivity index is 1.51. The summed E-state index contributed by atoms with van der Waals surface area (Å²) < 4.78 is 5.14. The van der Waals surface area contributed by atoms with Crippen molar-refractivity contribution in [2.75, 3.05) is 23.5 Å². The first-order chi connectivity index (χ1) is 13.6. The number of nitrogens with one attached hydrogen (secondary N) is 2. The minimum Gasteiger partial charge on any atom is -0.497 e. The molecule has 1 heterocycles. The molecule has 0 aliphatic heterocycles. The van der Waals surface area contributed by atoms with Crippen LogP contribution in [0.3, 0.4) is 0 Å². The summed E-state index contributed by atoms with van der Waals surface area (Å²) in [6.45, 7) is 0. The number of aromatic nitrogens is 1. The van der Waals surface area contributed by atoms with Gasteiger partial charge in [-0.3, -0.25) is 9.59 Å². The fourth-order valence-corrected chi connectivity index (χ4v) is 3.07. The van der Waals surface area contributed by atoms with Gasteiger partial charge in [0.25, 0.3) is 5.91 Å². The number of amides is 2. The quantitative estimate of drug-likeness (QED) is 0.592. The van der Waals surface area contributed by atoms with E-state index in [1.165, 1.54) is 11.8 Å². The van der Waals surface area contributed by atoms with Gasteiger partial charge in [-0.2, -0.15) is 0 Å². The summed E-state index contributed by atoms with van der Waals surface area (Å²) in [5, 5.41) is 5.58. The number of carbonyl (C=O) groups excluding carboxylic acids is 2. The molecular weight excluding hydrogens is 374 g/mol. The monoisotopic (exact) mass is 393 g/mol. The van der Waals surface area contributed by atoms with Gasteiger partial charge in [0.2, 0.25) is 5.91 Å². The fraction of sp³-hybridized carbons (Fsp3) is 0.0952. The zero-order valence-corrected chi connectivity index (χ0v) is 16.0. The Morgan fingerprint density at radius 2 is 1.82 bits per heavy atom. The number of pyridine rings is 1. The van der Waals surface area contributed by atoms with Gasteiger partial charge in [0.15, 0.2) is 0 Å². The molecule has 2 amide bonds. The van der Waals surface area contributed by atoms with E-state index in [1.807, 2.05) is 18.2 Å². The molecule has 28 heavy (non-hydrogen) atoms. The number of hydrogen-bond acceptors (Lipinski definition) is 5. The van der Waals surface area contributed by atoms with Crippen molar-refractivity contribution in [3.05, 3.63) is 78.5 Å². The Labute approximate surface area is 167 Å². The van der Waals surface area contributed by atoms with Gasteiger partial charge >= 0.3 is 0 Å². The molecule has 142 valence electrons. The van der Waals surface area contributed by atoms with Gasteiger partial charge in [-0.25, -0.2) is 4.98 Å². The van der Waals surface area contributed by atoms with Gasteiger partial charge in [0.05, 0.1) is 12.9 Å². The second-order valence-corrected chi connectivity index (χ2v) is 6.81. The highest BCUT2D eigenvalue weighted by molar-refractivity contribution is 8.00. The minimum atomic E-state index is -0.214. The van der Waals surface area contributed by atoms with E-state index in [4.69, 9.17) is 4.74 Å². The topological polar surface area (TPSA) is 80.3 Å². The highest BCUT2D eigenvalue weighted by Crippen LogP contribution is 2.21. The van der Waals surface area contributed by atoms with Crippen LogP contribution in [0.15, 0.2) is 77.8 Å². The van der Waals surface area contributed by atoms with E-state index in [9.17, 15) is 9.59 Å². The van der Waals surface area contributed by atoms with Crippen molar-refractivity contribution in [2.24, 2.45) is 0 Å². The SMILES string of the molecule is COc1cccc(C(=O)Nc2ccc(SCC(=O)Nc3ccccn3)cc2)c1. The van der Waals surface area contributed by atoms with Crippen LogP contribution in [0.25, 0.3) is 0 Å². The van der Waals surface area contributed by atoms with E-state index in [2.05, 4.69) is 15.6 Å². The van der Waals surface area contributed by atoms with E-state index in [0.29, 0.717) is 22.8 Å². The maximum atomic E-state index is 12.3. The van der Waals surface area contributed by atoms with Crippen LogP contribution in [0.5, 0.6) is 5.75 Å². The normalized spacial score (nSPS) is 10.2. The summed E-state index contributed by atoms with van der Waals surface area (Å²) in [7, 11) is 1.56. The molecule has 0 saturated carbocycles. The van der Waals surface area contributed by atoms with Crippen LogP contribution < -0.4 is 15.4 Å². The molecule has 1 aromatic heterocycles. The molecule has 3 aromatic rings. The van der Waals surface area contributed by atoms with E-state index in [1.54, 1.807) is 61.8 Å². The Hall–Kier alpha value is -3.32. The van der Waals surface area contributed by atoms with Gasteiger partial charge in [-0.1, -0.05) is 12.1 Å². The molecule has 0 aliphatic carbocycles. The molecule has 0 aliphatic rings. The van der Waals surface area contributed by atoms with E-state index in [-0.39, 0.29) is 17.6 Å². The van der Waals surface area contributed by atoms with Crippen molar-refractivity contribution < 1.29 is 14.3 Å². The lowest BCUT2D eigenvalue weighted by atomic mass is 10.2. The van der Waals surface area contributed by atoms with Gasteiger partial charge in [-0.15, -0.1) is 11.8 Å². The smallest absolute Gasteiger partial charge is 0.255 e. The molecule has 0 fully saturated rings. The van der Waals surface area contributed by atoms with Gasteiger partial charge in [-0.05, 0) is 54.6 Å². The van der Waals surface area contributed by atoms with Crippen molar-refractivity contribution in [1.29, 1.82) is 0 Å². The average Bonchev–Trinajstić information content (AvgIpc) is 2.74. The van der Waals surface area contributed by atoms with Crippen LogP contribution in [0, 0.1) is 0 Å².